The van der Waals surface area contributed by atoms with Crippen LogP contribution in [0.25, 0.3) is 22.6 Å². The molecule has 0 saturated carbocycles. The molecule has 3 N–H and O–H groups in total. The number of aromatic nitrogens is 1. The first-order chi connectivity index (χ1) is 14.1. The van der Waals surface area contributed by atoms with Crippen LogP contribution in [-0.4, -0.2) is 24.6 Å². The summed E-state index contributed by atoms with van der Waals surface area (Å²) in [4.78, 5) is 16.0. The van der Waals surface area contributed by atoms with Gasteiger partial charge in [-0.25, -0.2) is 9.78 Å². The number of carbonyl (C=O) groups excluding carboxylic acids is 1. The second kappa shape index (κ2) is 8.06. The van der Waals surface area contributed by atoms with E-state index in [1.54, 1.807) is 12.1 Å². The predicted octanol–water partition coefficient (Wildman–Crippen LogP) is 4.52. The number of hydrogen-bond donors (Lipinski definition) is 2. The van der Waals surface area contributed by atoms with Crippen LogP contribution in [0.2, 0.25) is 0 Å². The Balaban J connectivity index is 1.40. The topological polar surface area (TPSA) is 90.4 Å². The molecule has 0 aliphatic carbocycles. The lowest BCUT2D eigenvalue weighted by Crippen LogP contribution is -2.07. The molecule has 0 radical (unpaired) electrons. The highest BCUT2D eigenvalue weighted by Gasteiger charge is 2.10. The third kappa shape index (κ3) is 4.06. The summed E-state index contributed by atoms with van der Waals surface area (Å²) in [5.74, 6) is 0.219. The van der Waals surface area contributed by atoms with Gasteiger partial charge in [0.15, 0.2) is 5.58 Å². The molecule has 29 heavy (non-hydrogen) atoms. The zero-order valence-electron chi connectivity index (χ0n) is 16.0. The number of hydrogen-bond acceptors (Lipinski definition) is 6. The Morgan fingerprint density at radius 2 is 1.90 bits per heavy atom. The molecule has 4 aromatic rings. The molecule has 0 fully saturated rings. The molecule has 0 saturated heterocycles. The van der Waals surface area contributed by atoms with Crippen LogP contribution >= 0.6 is 0 Å². The highest BCUT2D eigenvalue weighted by molar-refractivity contribution is 5.89. The standard InChI is InChI=1S/C23H21N3O3/c1-28-23(27)16-8-6-15(7-9-16)12-13-25-19-11-10-17(14-18(19)24)22-26-20-4-2-3-5-21(20)29-22/h2-11,14,25H,12-13,24H2,1H3. The van der Waals surface area contributed by atoms with Crippen molar-refractivity contribution < 1.29 is 13.9 Å². The maximum Gasteiger partial charge on any atom is 0.337 e. The number of nitrogen functional groups attached to an aromatic ring is 1. The normalized spacial score (nSPS) is 10.8. The monoisotopic (exact) mass is 387 g/mol. The summed E-state index contributed by atoms with van der Waals surface area (Å²) in [5, 5.41) is 3.35. The summed E-state index contributed by atoms with van der Waals surface area (Å²) >= 11 is 0. The van der Waals surface area contributed by atoms with E-state index in [0.29, 0.717) is 23.7 Å². The molecule has 0 atom stereocenters. The molecular weight excluding hydrogens is 366 g/mol. The molecule has 0 aliphatic heterocycles. The number of para-hydroxylation sites is 2. The number of ether oxygens (including phenoxy) is 1. The average Bonchev–Trinajstić information content (AvgIpc) is 3.19. The molecule has 0 bridgehead atoms. The van der Waals surface area contributed by atoms with Gasteiger partial charge >= 0.3 is 5.97 Å². The van der Waals surface area contributed by atoms with E-state index in [-0.39, 0.29) is 5.97 Å². The first kappa shape index (κ1) is 18.6. The maximum absolute atomic E-state index is 11.5. The maximum atomic E-state index is 11.5. The Morgan fingerprint density at radius 1 is 1.10 bits per heavy atom. The number of nitrogens with two attached hydrogens (primary N) is 1. The van der Waals surface area contributed by atoms with Crippen LogP contribution in [0.3, 0.4) is 0 Å². The number of fused-ring (bicyclic) bond motifs is 1. The van der Waals surface area contributed by atoms with Crippen LogP contribution in [0.1, 0.15) is 15.9 Å². The van der Waals surface area contributed by atoms with Crippen LogP contribution in [0.5, 0.6) is 0 Å². The van der Waals surface area contributed by atoms with Crippen LogP contribution < -0.4 is 11.1 Å². The summed E-state index contributed by atoms with van der Waals surface area (Å²) < 4.78 is 10.5. The van der Waals surface area contributed by atoms with Gasteiger partial charge in [-0.1, -0.05) is 24.3 Å². The van der Waals surface area contributed by atoms with E-state index in [9.17, 15) is 4.79 Å². The highest BCUT2D eigenvalue weighted by Crippen LogP contribution is 2.29. The number of nitrogens with zero attached hydrogens (tertiary/aromatic N) is 1. The second-order valence-corrected chi connectivity index (χ2v) is 6.65. The largest absolute Gasteiger partial charge is 0.465 e. The van der Waals surface area contributed by atoms with Crippen LogP contribution in [0.15, 0.2) is 71.1 Å². The quantitative estimate of drug-likeness (QED) is 0.373. The Labute approximate surface area is 168 Å². The summed E-state index contributed by atoms with van der Waals surface area (Å²) in [5.41, 5.74) is 11.8. The molecule has 4 rings (SSSR count). The number of esters is 1. The number of anilines is 2. The smallest absolute Gasteiger partial charge is 0.337 e. The van der Waals surface area contributed by atoms with Gasteiger partial charge in [-0.3, -0.25) is 0 Å². The third-order valence-electron chi connectivity index (χ3n) is 4.70. The number of methoxy groups -OCH3 is 1. The van der Waals surface area contributed by atoms with Crippen molar-refractivity contribution in [3.63, 3.8) is 0 Å². The van der Waals surface area contributed by atoms with Crippen molar-refractivity contribution in [3.05, 3.63) is 77.9 Å². The van der Waals surface area contributed by atoms with Crippen LogP contribution in [0.4, 0.5) is 11.4 Å². The minimum absolute atomic E-state index is 0.332. The van der Waals surface area contributed by atoms with Crippen molar-refractivity contribution in [2.45, 2.75) is 6.42 Å². The van der Waals surface area contributed by atoms with Crippen LogP contribution in [-0.2, 0) is 11.2 Å². The van der Waals surface area contributed by atoms with E-state index in [2.05, 4.69) is 10.3 Å². The fraction of sp³-hybridized carbons (Fsp3) is 0.130. The van der Waals surface area contributed by atoms with Gasteiger partial charge in [-0.05, 0) is 54.4 Å². The second-order valence-electron chi connectivity index (χ2n) is 6.65. The van der Waals surface area contributed by atoms with E-state index in [1.165, 1.54) is 7.11 Å². The van der Waals surface area contributed by atoms with E-state index in [0.717, 1.165) is 34.3 Å². The minimum Gasteiger partial charge on any atom is -0.465 e. The fourth-order valence-corrected chi connectivity index (χ4v) is 3.12. The summed E-state index contributed by atoms with van der Waals surface area (Å²) in [7, 11) is 1.38. The Bertz CT molecular complexity index is 1120. The minimum atomic E-state index is -0.332. The first-order valence-corrected chi connectivity index (χ1v) is 9.30. The predicted molar refractivity (Wildman–Crippen MR) is 114 cm³/mol. The van der Waals surface area contributed by atoms with Gasteiger partial charge in [0.2, 0.25) is 5.89 Å². The van der Waals surface area contributed by atoms with E-state index < -0.39 is 0 Å². The third-order valence-corrected chi connectivity index (χ3v) is 4.70. The summed E-state index contributed by atoms with van der Waals surface area (Å²) in [6, 6.07) is 20.8. The SMILES string of the molecule is COC(=O)c1ccc(CCNc2ccc(-c3nc4ccccc4o3)cc2N)cc1. The molecule has 0 unspecified atom stereocenters. The number of nitrogens with one attached hydrogen (secondary N) is 1. The molecule has 3 aromatic carbocycles. The van der Waals surface area contributed by atoms with Gasteiger partial charge in [-0.15, -0.1) is 0 Å². The zero-order chi connectivity index (χ0) is 20.2. The van der Waals surface area contributed by atoms with Crippen molar-refractivity contribution >= 4 is 28.4 Å². The summed E-state index contributed by atoms with van der Waals surface area (Å²) in [6.45, 7) is 0.712. The van der Waals surface area contributed by atoms with Gasteiger partial charge in [0.1, 0.15) is 5.52 Å². The average molecular weight is 387 g/mol. The van der Waals surface area contributed by atoms with E-state index in [1.807, 2.05) is 54.6 Å². The lowest BCUT2D eigenvalue weighted by molar-refractivity contribution is 0.0600. The molecular formula is C23H21N3O3. The lowest BCUT2D eigenvalue weighted by atomic mass is 10.1. The Hall–Kier alpha value is -3.80. The molecule has 0 amide bonds. The number of oxazole rings is 1. The molecule has 6 nitrogen and oxygen atoms in total. The van der Waals surface area contributed by atoms with Gasteiger partial charge in [0, 0.05) is 12.1 Å². The lowest BCUT2D eigenvalue weighted by Gasteiger charge is -2.10. The molecule has 1 aromatic heterocycles. The van der Waals surface area contributed by atoms with Crippen molar-refractivity contribution in [2.24, 2.45) is 0 Å². The van der Waals surface area contributed by atoms with Crippen molar-refractivity contribution in [1.29, 1.82) is 0 Å². The molecule has 146 valence electrons. The summed E-state index contributed by atoms with van der Waals surface area (Å²) in [6.07, 6.45) is 0.799. The molecule has 0 spiro atoms. The molecule has 1 heterocycles. The number of benzene rings is 3. The van der Waals surface area contributed by atoms with Crippen molar-refractivity contribution in [1.82, 2.24) is 4.98 Å². The van der Waals surface area contributed by atoms with Gasteiger partial charge in [0.25, 0.3) is 0 Å². The zero-order valence-corrected chi connectivity index (χ0v) is 16.0. The van der Waals surface area contributed by atoms with Gasteiger partial charge in [0.05, 0.1) is 24.0 Å². The number of rotatable bonds is 6. The Kier molecular flexibility index (Phi) is 5.16. The van der Waals surface area contributed by atoms with Crippen LogP contribution in [0, 0.1) is 0 Å². The Morgan fingerprint density at radius 3 is 2.62 bits per heavy atom. The van der Waals surface area contributed by atoms with Gasteiger partial charge in [-0.2, -0.15) is 0 Å². The fourth-order valence-electron chi connectivity index (χ4n) is 3.12. The number of carbonyl (C=O) groups is 1. The molecule has 6 heteroatoms. The van der Waals surface area contributed by atoms with Crippen molar-refractivity contribution in [2.75, 3.05) is 24.7 Å². The molecule has 0 aliphatic rings. The highest BCUT2D eigenvalue weighted by atomic mass is 16.5. The van der Waals surface area contributed by atoms with Crippen molar-refractivity contribution in [3.8, 4) is 11.5 Å². The van der Waals surface area contributed by atoms with E-state index in [4.69, 9.17) is 14.9 Å². The first-order valence-electron chi connectivity index (χ1n) is 9.30. The van der Waals surface area contributed by atoms with Gasteiger partial charge < -0.3 is 20.2 Å². The van der Waals surface area contributed by atoms with E-state index >= 15 is 0 Å².